The van der Waals surface area contributed by atoms with Crippen LogP contribution in [-0.2, 0) is 14.8 Å². The van der Waals surface area contributed by atoms with E-state index in [0.717, 1.165) is 21.8 Å². The molecule has 1 amide bonds. The zero-order valence-corrected chi connectivity index (χ0v) is 19.6. The first-order valence-corrected chi connectivity index (χ1v) is 12.4. The lowest BCUT2D eigenvalue weighted by Gasteiger charge is -2.37. The summed E-state index contributed by atoms with van der Waals surface area (Å²) in [6, 6.07) is 12.6. The number of benzene rings is 2. The van der Waals surface area contributed by atoms with E-state index in [4.69, 9.17) is 16.3 Å². The number of nitrogens with zero attached hydrogens (tertiary/aromatic N) is 3. The summed E-state index contributed by atoms with van der Waals surface area (Å²) in [4.78, 5) is 16.9. The molecule has 2 aromatic rings. The molecule has 2 aromatic carbocycles. The van der Waals surface area contributed by atoms with Gasteiger partial charge >= 0.3 is 0 Å². The van der Waals surface area contributed by atoms with Crippen molar-refractivity contribution in [1.82, 2.24) is 4.90 Å². The van der Waals surface area contributed by atoms with Crippen molar-refractivity contribution in [2.45, 2.75) is 13.8 Å². The number of halogens is 1. The fourth-order valence-corrected chi connectivity index (χ4v) is 4.65. The van der Waals surface area contributed by atoms with Crippen LogP contribution in [0.15, 0.2) is 42.5 Å². The maximum absolute atomic E-state index is 13.0. The van der Waals surface area contributed by atoms with E-state index < -0.39 is 10.0 Å². The molecule has 0 saturated carbocycles. The number of piperazine rings is 1. The van der Waals surface area contributed by atoms with Crippen molar-refractivity contribution < 1.29 is 17.9 Å². The zero-order valence-electron chi connectivity index (χ0n) is 18.0. The second-order valence-corrected chi connectivity index (χ2v) is 9.84. The molecule has 1 saturated heterocycles. The van der Waals surface area contributed by atoms with Gasteiger partial charge in [0.05, 0.1) is 18.6 Å². The first-order chi connectivity index (χ1) is 14.7. The molecule has 0 aliphatic carbocycles. The van der Waals surface area contributed by atoms with Gasteiger partial charge in [-0.15, -0.1) is 0 Å². The Labute approximate surface area is 189 Å². The molecule has 0 radical (unpaired) electrons. The molecule has 0 bridgehead atoms. The van der Waals surface area contributed by atoms with Crippen molar-refractivity contribution in [3.63, 3.8) is 0 Å². The minimum absolute atomic E-state index is 0.227. The highest BCUT2D eigenvalue weighted by atomic mass is 35.5. The van der Waals surface area contributed by atoms with Gasteiger partial charge in [-0.1, -0.05) is 23.7 Å². The minimum Gasteiger partial charge on any atom is -0.494 e. The monoisotopic (exact) mass is 465 g/mol. The summed E-state index contributed by atoms with van der Waals surface area (Å²) in [6.07, 6.45) is 1.10. The largest absolute Gasteiger partial charge is 0.494 e. The number of carbonyl (C=O) groups is 1. The number of rotatable bonds is 7. The minimum atomic E-state index is -3.64. The fraction of sp³-hybridized carbons (Fsp3) is 0.409. The van der Waals surface area contributed by atoms with Crippen molar-refractivity contribution in [3.05, 3.63) is 53.1 Å². The van der Waals surface area contributed by atoms with E-state index in [1.54, 1.807) is 29.2 Å². The maximum atomic E-state index is 13.0. The van der Waals surface area contributed by atoms with Crippen LogP contribution in [0.5, 0.6) is 5.75 Å². The SMILES string of the molecule is CCOc1cccc(N(CC(=O)N2CCN(c3cc(Cl)ccc3C)CC2)S(C)(=O)=O)c1. The van der Waals surface area contributed by atoms with Gasteiger partial charge < -0.3 is 14.5 Å². The third-order valence-electron chi connectivity index (χ3n) is 5.24. The Morgan fingerprint density at radius 3 is 2.48 bits per heavy atom. The number of hydrogen-bond donors (Lipinski definition) is 0. The molecule has 31 heavy (non-hydrogen) atoms. The lowest BCUT2D eigenvalue weighted by atomic mass is 10.1. The summed E-state index contributed by atoms with van der Waals surface area (Å²) in [5, 5.41) is 0.678. The third kappa shape index (κ3) is 5.83. The van der Waals surface area contributed by atoms with Crippen molar-refractivity contribution in [2.75, 3.05) is 54.8 Å². The Bertz CT molecular complexity index is 1040. The molecule has 0 atom stereocenters. The number of aryl methyl sites for hydroxylation is 1. The van der Waals surface area contributed by atoms with Gasteiger partial charge in [-0.3, -0.25) is 9.10 Å². The number of anilines is 2. The Morgan fingerprint density at radius 2 is 1.84 bits per heavy atom. The Hall–Kier alpha value is -2.45. The fourth-order valence-electron chi connectivity index (χ4n) is 3.64. The van der Waals surface area contributed by atoms with Crippen LogP contribution in [0.1, 0.15) is 12.5 Å². The number of amides is 1. The predicted molar refractivity (Wildman–Crippen MR) is 125 cm³/mol. The van der Waals surface area contributed by atoms with Crippen LogP contribution in [0, 0.1) is 6.92 Å². The van der Waals surface area contributed by atoms with E-state index in [0.29, 0.717) is 49.2 Å². The van der Waals surface area contributed by atoms with Crippen LogP contribution in [0.2, 0.25) is 5.02 Å². The normalized spacial score (nSPS) is 14.5. The average molecular weight is 466 g/mol. The molecule has 1 fully saturated rings. The average Bonchev–Trinajstić information content (AvgIpc) is 2.73. The number of sulfonamides is 1. The van der Waals surface area contributed by atoms with Crippen molar-refractivity contribution in [3.8, 4) is 5.75 Å². The van der Waals surface area contributed by atoms with Crippen LogP contribution in [0.4, 0.5) is 11.4 Å². The summed E-state index contributed by atoms with van der Waals surface area (Å²) in [6.45, 7) is 6.46. The van der Waals surface area contributed by atoms with Crippen molar-refractivity contribution >= 4 is 38.9 Å². The van der Waals surface area contributed by atoms with Crippen molar-refractivity contribution in [2.24, 2.45) is 0 Å². The smallest absolute Gasteiger partial charge is 0.243 e. The second kappa shape index (κ2) is 9.78. The number of carbonyl (C=O) groups excluding carboxylic acids is 1. The lowest BCUT2D eigenvalue weighted by molar-refractivity contribution is -0.129. The van der Waals surface area contributed by atoms with Crippen LogP contribution in [0.3, 0.4) is 0 Å². The summed E-state index contributed by atoms with van der Waals surface area (Å²) >= 11 is 6.14. The highest BCUT2D eigenvalue weighted by Crippen LogP contribution is 2.26. The summed E-state index contributed by atoms with van der Waals surface area (Å²) in [7, 11) is -3.64. The van der Waals surface area contributed by atoms with Gasteiger partial charge in [-0.05, 0) is 43.7 Å². The molecule has 0 unspecified atom stereocenters. The summed E-state index contributed by atoms with van der Waals surface area (Å²) < 4.78 is 31.4. The molecule has 0 aromatic heterocycles. The Morgan fingerprint density at radius 1 is 1.13 bits per heavy atom. The molecular weight excluding hydrogens is 438 g/mol. The molecule has 3 rings (SSSR count). The standard InChI is InChI=1S/C22H28ClN3O4S/c1-4-30-20-7-5-6-19(15-20)26(31(3,28)29)16-22(27)25-12-10-24(11-13-25)21-14-18(23)9-8-17(21)2/h5-9,14-15H,4,10-13,16H2,1-3H3. The summed E-state index contributed by atoms with van der Waals surface area (Å²) in [5.74, 6) is 0.335. The molecule has 9 heteroatoms. The highest BCUT2D eigenvalue weighted by molar-refractivity contribution is 7.92. The topological polar surface area (TPSA) is 70.2 Å². The van der Waals surface area contributed by atoms with Crippen LogP contribution < -0.4 is 13.9 Å². The molecule has 7 nitrogen and oxygen atoms in total. The van der Waals surface area contributed by atoms with Gasteiger partial charge in [0.2, 0.25) is 15.9 Å². The van der Waals surface area contributed by atoms with Crippen LogP contribution in [0.25, 0.3) is 0 Å². The maximum Gasteiger partial charge on any atom is 0.243 e. The molecular formula is C22H28ClN3O4S. The van der Waals surface area contributed by atoms with E-state index in [1.165, 1.54) is 0 Å². The third-order valence-corrected chi connectivity index (χ3v) is 6.62. The second-order valence-electron chi connectivity index (χ2n) is 7.50. The van der Waals surface area contributed by atoms with Gasteiger partial charge in [0.15, 0.2) is 0 Å². The predicted octanol–water partition coefficient (Wildman–Crippen LogP) is 3.16. The van der Waals surface area contributed by atoms with E-state index in [1.807, 2.05) is 32.0 Å². The first-order valence-electron chi connectivity index (χ1n) is 10.2. The van der Waals surface area contributed by atoms with Gasteiger partial charge in [0.1, 0.15) is 12.3 Å². The van der Waals surface area contributed by atoms with Gasteiger partial charge in [0.25, 0.3) is 0 Å². The van der Waals surface area contributed by atoms with Crippen molar-refractivity contribution in [1.29, 1.82) is 0 Å². The molecule has 1 aliphatic rings. The lowest BCUT2D eigenvalue weighted by Crippen LogP contribution is -2.52. The van der Waals surface area contributed by atoms with Crippen LogP contribution >= 0.6 is 11.6 Å². The molecule has 0 N–H and O–H groups in total. The van der Waals surface area contributed by atoms with Gasteiger partial charge in [-0.2, -0.15) is 0 Å². The van der Waals surface area contributed by atoms with Gasteiger partial charge in [0, 0.05) is 43.0 Å². The van der Waals surface area contributed by atoms with E-state index in [2.05, 4.69) is 4.90 Å². The quantitative estimate of drug-likeness (QED) is 0.628. The Kier molecular flexibility index (Phi) is 7.33. The van der Waals surface area contributed by atoms with E-state index in [9.17, 15) is 13.2 Å². The van der Waals surface area contributed by atoms with E-state index >= 15 is 0 Å². The first kappa shape index (κ1) is 23.2. The van der Waals surface area contributed by atoms with Gasteiger partial charge in [-0.25, -0.2) is 8.42 Å². The molecule has 168 valence electrons. The highest BCUT2D eigenvalue weighted by Gasteiger charge is 2.27. The molecule has 1 heterocycles. The summed E-state index contributed by atoms with van der Waals surface area (Å²) in [5.41, 5.74) is 2.60. The zero-order chi connectivity index (χ0) is 22.6. The number of hydrogen-bond acceptors (Lipinski definition) is 5. The van der Waals surface area contributed by atoms with E-state index in [-0.39, 0.29) is 12.5 Å². The molecule has 0 spiro atoms. The number of ether oxygens (including phenoxy) is 1. The van der Waals surface area contributed by atoms with Crippen LogP contribution in [-0.4, -0.2) is 64.8 Å². The molecule has 1 aliphatic heterocycles. The Balaban J connectivity index is 1.69.